The minimum atomic E-state index is -0.476. The van der Waals surface area contributed by atoms with E-state index in [1.54, 1.807) is 18.5 Å². The maximum atomic E-state index is 10.9. The number of nitrogens with one attached hydrogen (secondary N) is 2. The molecule has 2 heterocycles. The van der Waals surface area contributed by atoms with Crippen LogP contribution in [0.2, 0.25) is 0 Å². The summed E-state index contributed by atoms with van der Waals surface area (Å²) in [5.41, 5.74) is 9.85. The summed E-state index contributed by atoms with van der Waals surface area (Å²) < 4.78 is 0. The van der Waals surface area contributed by atoms with E-state index in [0.717, 1.165) is 28.0 Å². The molecule has 0 bridgehead atoms. The van der Waals surface area contributed by atoms with Gasteiger partial charge in [0, 0.05) is 28.9 Å². The zero-order valence-corrected chi connectivity index (χ0v) is 12.1. The van der Waals surface area contributed by atoms with Gasteiger partial charge >= 0.3 is 0 Å². The van der Waals surface area contributed by atoms with E-state index in [-0.39, 0.29) is 0 Å². The van der Waals surface area contributed by atoms with Crippen molar-refractivity contribution in [3.8, 4) is 0 Å². The van der Waals surface area contributed by atoms with Crippen LogP contribution in [0.15, 0.2) is 48.8 Å². The topological polar surface area (TPSA) is 83.8 Å². The van der Waals surface area contributed by atoms with Gasteiger partial charge in [0.1, 0.15) is 5.65 Å². The number of amides is 1. The number of pyridine rings is 1. The van der Waals surface area contributed by atoms with Crippen LogP contribution in [-0.4, -0.2) is 15.9 Å². The monoisotopic (exact) mass is 292 g/mol. The summed E-state index contributed by atoms with van der Waals surface area (Å²) >= 11 is 0. The van der Waals surface area contributed by atoms with Gasteiger partial charge in [0.15, 0.2) is 0 Å². The fraction of sp³-hybridized carbons (Fsp3) is 0.0588. The lowest BCUT2D eigenvalue weighted by Gasteiger charge is -2.06. The van der Waals surface area contributed by atoms with Crippen molar-refractivity contribution >= 4 is 34.4 Å². The van der Waals surface area contributed by atoms with Gasteiger partial charge in [-0.3, -0.25) is 4.79 Å². The van der Waals surface area contributed by atoms with Crippen molar-refractivity contribution < 1.29 is 4.79 Å². The SMILES string of the molecule is Cc1ccc(Nc2cnc3[nH]cc(/C=C/C(N)=O)c3c2)cc1. The third-order valence-corrected chi connectivity index (χ3v) is 3.33. The molecule has 4 N–H and O–H groups in total. The van der Waals surface area contributed by atoms with Crippen molar-refractivity contribution in [2.45, 2.75) is 6.92 Å². The first kappa shape index (κ1) is 13.9. The third-order valence-electron chi connectivity index (χ3n) is 3.33. The lowest BCUT2D eigenvalue weighted by Crippen LogP contribution is -2.04. The number of hydrogen-bond donors (Lipinski definition) is 3. The zero-order valence-electron chi connectivity index (χ0n) is 12.1. The molecule has 0 aliphatic carbocycles. The highest BCUT2D eigenvalue weighted by atomic mass is 16.1. The second-order valence-electron chi connectivity index (χ2n) is 5.09. The van der Waals surface area contributed by atoms with E-state index in [2.05, 4.69) is 22.2 Å². The quantitative estimate of drug-likeness (QED) is 0.646. The molecule has 0 atom stereocenters. The molecular weight excluding hydrogens is 276 g/mol. The molecule has 5 heteroatoms. The second kappa shape index (κ2) is 5.73. The number of aromatic nitrogens is 2. The molecule has 0 radical (unpaired) electrons. The number of nitrogens with zero attached hydrogens (tertiary/aromatic N) is 1. The second-order valence-corrected chi connectivity index (χ2v) is 5.09. The largest absolute Gasteiger partial charge is 0.366 e. The highest BCUT2D eigenvalue weighted by Crippen LogP contribution is 2.23. The highest BCUT2D eigenvalue weighted by molar-refractivity contribution is 5.95. The zero-order chi connectivity index (χ0) is 15.5. The Morgan fingerprint density at radius 2 is 2.05 bits per heavy atom. The summed E-state index contributed by atoms with van der Waals surface area (Å²) in [6.07, 6.45) is 6.58. The molecule has 1 aromatic carbocycles. The maximum absolute atomic E-state index is 10.9. The van der Waals surface area contributed by atoms with Gasteiger partial charge in [-0.1, -0.05) is 17.7 Å². The van der Waals surface area contributed by atoms with Crippen molar-refractivity contribution in [1.82, 2.24) is 9.97 Å². The molecule has 2 aromatic heterocycles. The van der Waals surface area contributed by atoms with Gasteiger partial charge in [0.05, 0.1) is 11.9 Å². The lowest BCUT2D eigenvalue weighted by atomic mass is 10.2. The number of primary amides is 1. The molecule has 0 saturated carbocycles. The Balaban J connectivity index is 1.92. The first-order valence-electron chi connectivity index (χ1n) is 6.90. The Morgan fingerprint density at radius 1 is 1.27 bits per heavy atom. The molecule has 0 fully saturated rings. The Labute approximate surface area is 127 Å². The number of benzene rings is 1. The molecule has 3 rings (SSSR count). The van der Waals surface area contributed by atoms with Crippen LogP contribution in [0.1, 0.15) is 11.1 Å². The van der Waals surface area contributed by atoms with Crippen molar-refractivity contribution in [3.63, 3.8) is 0 Å². The number of hydrogen-bond acceptors (Lipinski definition) is 3. The summed E-state index contributed by atoms with van der Waals surface area (Å²) in [6.45, 7) is 2.05. The molecule has 1 amide bonds. The molecule has 0 saturated heterocycles. The first-order valence-corrected chi connectivity index (χ1v) is 6.90. The predicted octanol–water partition coefficient (Wildman–Crippen LogP) is 3.11. The van der Waals surface area contributed by atoms with Crippen LogP contribution in [0.3, 0.4) is 0 Å². The summed E-state index contributed by atoms with van der Waals surface area (Å²) in [5, 5.41) is 4.24. The average Bonchev–Trinajstić information content (AvgIpc) is 2.90. The summed E-state index contributed by atoms with van der Waals surface area (Å²) in [4.78, 5) is 18.3. The number of carbonyl (C=O) groups is 1. The number of rotatable bonds is 4. The molecular formula is C17H16N4O. The minimum Gasteiger partial charge on any atom is -0.366 e. The molecule has 22 heavy (non-hydrogen) atoms. The van der Waals surface area contributed by atoms with Gasteiger partial charge < -0.3 is 16.0 Å². The number of carbonyl (C=O) groups excluding carboxylic acids is 1. The minimum absolute atomic E-state index is 0.476. The van der Waals surface area contributed by atoms with E-state index < -0.39 is 5.91 Å². The number of nitrogens with two attached hydrogens (primary N) is 1. The Hall–Kier alpha value is -3.08. The summed E-state index contributed by atoms with van der Waals surface area (Å²) in [5.74, 6) is -0.476. The molecule has 0 spiro atoms. The van der Waals surface area contributed by atoms with Crippen molar-refractivity contribution in [2.24, 2.45) is 5.73 Å². The first-order chi connectivity index (χ1) is 10.6. The van der Waals surface area contributed by atoms with Gasteiger partial charge in [-0.15, -0.1) is 0 Å². The molecule has 0 aliphatic rings. The fourth-order valence-corrected chi connectivity index (χ4v) is 2.21. The number of fused-ring (bicyclic) bond motifs is 1. The third kappa shape index (κ3) is 2.98. The number of H-pyrrole nitrogens is 1. The molecule has 5 nitrogen and oxygen atoms in total. The van der Waals surface area contributed by atoms with Crippen LogP contribution >= 0.6 is 0 Å². The highest BCUT2D eigenvalue weighted by Gasteiger charge is 2.04. The lowest BCUT2D eigenvalue weighted by molar-refractivity contribution is -0.113. The molecule has 0 aliphatic heterocycles. The Kier molecular flexibility index (Phi) is 3.62. The van der Waals surface area contributed by atoms with Gasteiger partial charge in [0.2, 0.25) is 5.91 Å². The van der Waals surface area contributed by atoms with Crippen LogP contribution < -0.4 is 11.1 Å². The van der Waals surface area contributed by atoms with Crippen LogP contribution in [0.25, 0.3) is 17.1 Å². The van der Waals surface area contributed by atoms with Crippen LogP contribution in [0.4, 0.5) is 11.4 Å². The van der Waals surface area contributed by atoms with Crippen LogP contribution in [0, 0.1) is 6.92 Å². The van der Waals surface area contributed by atoms with Gasteiger partial charge in [-0.05, 0) is 31.2 Å². The van der Waals surface area contributed by atoms with E-state index in [1.807, 2.05) is 30.3 Å². The van der Waals surface area contributed by atoms with Gasteiger partial charge in [-0.25, -0.2) is 4.98 Å². The van der Waals surface area contributed by atoms with Gasteiger partial charge in [0.25, 0.3) is 0 Å². The Bertz CT molecular complexity index is 847. The maximum Gasteiger partial charge on any atom is 0.241 e. The van der Waals surface area contributed by atoms with E-state index >= 15 is 0 Å². The molecule has 0 unspecified atom stereocenters. The van der Waals surface area contributed by atoms with Crippen LogP contribution in [0.5, 0.6) is 0 Å². The van der Waals surface area contributed by atoms with Crippen LogP contribution in [-0.2, 0) is 4.79 Å². The standard InChI is InChI=1S/C17H16N4O/c1-11-2-5-13(6-3-11)21-14-8-15-12(4-7-16(18)22)9-19-17(15)20-10-14/h2-10,21H,1H3,(H2,18,22)(H,19,20)/b7-4+. The number of aromatic amines is 1. The normalized spacial score (nSPS) is 11.1. The summed E-state index contributed by atoms with van der Waals surface area (Å²) in [7, 11) is 0. The Morgan fingerprint density at radius 3 is 2.77 bits per heavy atom. The number of anilines is 2. The van der Waals surface area contributed by atoms with Crippen molar-refractivity contribution in [1.29, 1.82) is 0 Å². The smallest absolute Gasteiger partial charge is 0.241 e. The van der Waals surface area contributed by atoms with Crippen molar-refractivity contribution in [2.75, 3.05) is 5.32 Å². The van der Waals surface area contributed by atoms with E-state index in [4.69, 9.17) is 5.73 Å². The average molecular weight is 292 g/mol. The van der Waals surface area contributed by atoms with E-state index in [9.17, 15) is 4.79 Å². The molecule has 3 aromatic rings. The van der Waals surface area contributed by atoms with Crippen molar-refractivity contribution in [3.05, 3.63) is 59.9 Å². The predicted molar refractivity (Wildman–Crippen MR) is 88.8 cm³/mol. The number of aryl methyl sites for hydroxylation is 1. The summed E-state index contributed by atoms with van der Waals surface area (Å²) in [6, 6.07) is 10.1. The van der Waals surface area contributed by atoms with Gasteiger partial charge in [-0.2, -0.15) is 0 Å². The fourth-order valence-electron chi connectivity index (χ4n) is 2.21. The van der Waals surface area contributed by atoms with E-state index in [0.29, 0.717) is 0 Å². The molecule has 110 valence electrons. The van der Waals surface area contributed by atoms with E-state index in [1.165, 1.54) is 11.6 Å².